The third kappa shape index (κ3) is 3.99. The zero-order chi connectivity index (χ0) is 18.6. The van der Waals surface area contributed by atoms with Crippen molar-refractivity contribution in [3.05, 3.63) is 65.0 Å². The molecule has 1 unspecified atom stereocenters. The molecule has 0 aromatic heterocycles. The predicted molar refractivity (Wildman–Crippen MR) is 87.5 cm³/mol. The molecule has 1 atom stereocenters. The molecule has 2 aromatic carbocycles. The lowest BCUT2D eigenvalue weighted by Gasteiger charge is -2.25. The van der Waals surface area contributed by atoms with E-state index in [1.54, 1.807) is 6.92 Å². The van der Waals surface area contributed by atoms with Crippen molar-refractivity contribution in [1.82, 2.24) is 0 Å². The van der Waals surface area contributed by atoms with Crippen LogP contribution in [-0.4, -0.2) is 18.9 Å². The molecule has 4 nitrogen and oxygen atoms in total. The number of benzene rings is 2. The van der Waals surface area contributed by atoms with Gasteiger partial charge in [-0.15, -0.1) is 0 Å². The first-order valence-corrected chi connectivity index (χ1v) is 7.62. The van der Waals surface area contributed by atoms with Crippen molar-refractivity contribution >= 4 is 18.0 Å². The molecule has 0 fully saturated rings. The highest BCUT2D eigenvalue weighted by Gasteiger charge is 2.26. The van der Waals surface area contributed by atoms with Gasteiger partial charge in [0.15, 0.2) is 11.6 Å². The number of halogens is 3. The minimum Gasteiger partial charge on any atom is -0.368 e. The molecule has 0 radical (unpaired) electrons. The highest BCUT2D eigenvalue weighted by atomic mass is 19.2. The van der Waals surface area contributed by atoms with Gasteiger partial charge in [0.05, 0.1) is 5.69 Å². The molecular formula is C18H17F3N2O2. The van der Waals surface area contributed by atoms with Crippen LogP contribution in [-0.2, 0) is 9.59 Å². The Hall–Kier alpha value is -2.83. The largest absolute Gasteiger partial charge is 0.368 e. The van der Waals surface area contributed by atoms with E-state index in [2.05, 4.69) is 0 Å². The van der Waals surface area contributed by atoms with Gasteiger partial charge in [-0.25, -0.2) is 13.2 Å². The summed E-state index contributed by atoms with van der Waals surface area (Å²) in [6.07, 6.45) is 0.695. The Morgan fingerprint density at radius 1 is 1.16 bits per heavy atom. The van der Waals surface area contributed by atoms with Gasteiger partial charge in [0.25, 0.3) is 0 Å². The van der Waals surface area contributed by atoms with Crippen molar-refractivity contribution < 1.29 is 22.8 Å². The molecule has 0 saturated carbocycles. The lowest BCUT2D eigenvalue weighted by molar-refractivity contribution is -0.118. The summed E-state index contributed by atoms with van der Waals surface area (Å²) < 4.78 is 41.6. The maximum atomic E-state index is 14.6. The van der Waals surface area contributed by atoms with Crippen LogP contribution < -0.4 is 10.6 Å². The number of carbonyl (C=O) groups excluding carboxylic acids is 2. The Morgan fingerprint density at radius 3 is 2.32 bits per heavy atom. The Bertz CT molecular complexity index is 779. The molecule has 25 heavy (non-hydrogen) atoms. The Kier molecular flexibility index (Phi) is 5.80. The monoisotopic (exact) mass is 350 g/mol. The van der Waals surface area contributed by atoms with E-state index < -0.39 is 35.8 Å². The van der Waals surface area contributed by atoms with Gasteiger partial charge in [0.2, 0.25) is 12.3 Å². The number of anilines is 1. The first kappa shape index (κ1) is 18.5. The first-order valence-electron chi connectivity index (χ1n) is 7.62. The normalized spacial score (nSPS) is 11.8. The van der Waals surface area contributed by atoms with E-state index >= 15 is 0 Å². The fraction of sp³-hybridized carbons (Fsp3) is 0.222. The third-order valence-corrected chi connectivity index (χ3v) is 3.90. The standard InChI is InChI=1S/C18H17F3N2O2/c1-2-13(11-3-5-12(19)6-4-11)17-15(8-7-14(20)18(17)21)23(10-24)9-16(22)25/h3-8,10,13H,2,9H2,1H3,(H2,22,25). The van der Waals surface area contributed by atoms with E-state index in [1.807, 2.05) is 0 Å². The van der Waals surface area contributed by atoms with Crippen LogP contribution >= 0.6 is 0 Å². The maximum Gasteiger partial charge on any atom is 0.237 e. The summed E-state index contributed by atoms with van der Waals surface area (Å²) in [7, 11) is 0. The molecule has 2 rings (SSSR count). The first-order chi connectivity index (χ1) is 11.9. The zero-order valence-corrected chi connectivity index (χ0v) is 13.5. The van der Waals surface area contributed by atoms with Crippen LogP contribution in [0, 0.1) is 17.5 Å². The molecule has 0 spiro atoms. The molecule has 2 N–H and O–H groups in total. The van der Waals surface area contributed by atoms with Crippen LogP contribution in [0.3, 0.4) is 0 Å². The molecule has 7 heteroatoms. The number of rotatable bonds is 7. The Morgan fingerprint density at radius 2 is 1.80 bits per heavy atom. The van der Waals surface area contributed by atoms with E-state index in [4.69, 9.17) is 5.73 Å². The summed E-state index contributed by atoms with van der Waals surface area (Å²) in [6, 6.07) is 7.47. The second-order valence-electron chi connectivity index (χ2n) is 5.51. The Labute approximate surface area is 143 Å². The van der Waals surface area contributed by atoms with E-state index in [0.29, 0.717) is 18.4 Å². The van der Waals surface area contributed by atoms with Gasteiger partial charge in [0, 0.05) is 11.5 Å². The SMILES string of the molecule is CCC(c1ccc(F)cc1)c1c(N(C=O)CC(N)=O)ccc(F)c1F. The number of hydrogen-bond acceptors (Lipinski definition) is 2. The second kappa shape index (κ2) is 7.83. The van der Waals surface area contributed by atoms with Gasteiger partial charge < -0.3 is 10.6 Å². The third-order valence-electron chi connectivity index (χ3n) is 3.90. The van der Waals surface area contributed by atoms with Crippen molar-refractivity contribution in [1.29, 1.82) is 0 Å². The van der Waals surface area contributed by atoms with Crippen LogP contribution in [0.15, 0.2) is 36.4 Å². The minimum absolute atomic E-state index is 0.0453. The average Bonchev–Trinajstić information content (AvgIpc) is 2.58. The molecule has 2 aromatic rings. The van der Waals surface area contributed by atoms with Crippen molar-refractivity contribution in [2.24, 2.45) is 5.73 Å². The molecular weight excluding hydrogens is 333 g/mol. The van der Waals surface area contributed by atoms with Crippen LogP contribution in [0.2, 0.25) is 0 Å². The second-order valence-corrected chi connectivity index (χ2v) is 5.51. The van der Waals surface area contributed by atoms with Crippen molar-refractivity contribution in [2.45, 2.75) is 19.3 Å². The number of primary amides is 1. The van der Waals surface area contributed by atoms with Crippen molar-refractivity contribution in [3.63, 3.8) is 0 Å². The summed E-state index contributed by atoms with van der Waals surface area (Å²) in [6.45, 7) is 1.28. The fourth-order valence-electron chi connectivity index (χ4n) is 2.79. The minimum atomic E-state index is -1.12. The van der Waals surface area contributed by atoms with Crippen LogP contribution in [0.4, 0.5) is 18.9 Å². The molecule has 0 aliphatic rings. The fourth-order valence-corrected chi connectivity index (χ4v) is 2.79. The molecule has 0 saturated heterocycles. The number of nitrogens with two attached hydrogens (primary N) is 1. The van der Waals surface area contributed by atoms with Crippen LogP contribution in [0.5, 0.6) is 0 Å². The zero-order valence-electron chi connectivity index (χ0n) is 13.5. The lowest BCUT2D eigenvalue weighted by atomic mass is 9.87. The van der Waals surface area contributed by atoms with Gasteiger partial charge in [-0.05, 0) is 36.2 Å². The lowest BCUT2D eigenvalue weighted by Crippen LogP contribution is -2.33. The number of nitrogens with zero attached hydrogens (tertiary/aromatic N) is 1. The van der Waals surface area contributed by atoms with Gasteiger partial charge in [0.1, 0.15) is 12.4 Å². The summed E-state index contributed by atoms with van der Waals surface area (Å²) in [5.41, 5.74) is 5.63. The molecule has 0 aliphatic carbocycles. The highest BCUT2D eigenvalue weighted by molar-refractivity contribution is 5.88. The van der Waals surface area contributed by atoms with Crippen LogP contribution in [0.1, 0.15) is 30.4 Å². The van der Waals surface area contributed by atoms with Crippen molar-refractivity contribution in [2.75, 3.05) is 11.4 Å². The quantitative estimate of drug-likeness (QED) is 0.780. The van der Waals surface area contributed by atoms with Crippen molar-refractivity contribution in [3.8, 4) is 0 Å². The number of hydrogen-bond donors (Lipinski definition) is 1. The highest BCUT2D eigenvalue weighted by Crippen LogP contribution is 2.37. The molecule has 0 aliphatic heterocycles. The summed E-state index contributed by atoms with van der Waals surface area (Å²) >= 11 is 0. The van der Waals surface area contributed by atoms with E-state index in [-0.39, 0.29) is 11.3 Å². The molecule has 132 valence electrons. The summed E-state index contributed by atoms with van der Waals surface area (Å²) in [4.78, 5) is 23.4. The van der Waals surface area contributed by atoms with Crippen LogP contribution in [0.25, 0.3) is 0 Å². The van der Waals surface area contributed by atoms with E-state index in [9.17, 15) is 22.8 Å². The number of carbonyl (C=O) groups is 2. The van der Waals surface area contributed by atoms with Gasteiger partial charge in [-0.3, -0.25) is 9.59 Å². The maximum absolute atomic E-state index is 14.6. The molecule has 0 heterocycles. The van der Waals surface area contributed by atoms with Gasteiger partial charge in [-0.2, -0.15) is 0 Å². The summed E-state index contributed by atoms with van der Waals surface area (Å²) in [5, 5.41) is 0. The van der Waals surface area contributed by atoms with Gasteiger partial charge in [-0.1, -0.05) is 19.1 Å². The van der Waals surface area contributed by atoms with Gasteiger partial charge >= 0.3 is 0 Å². The molecule has 0 bridgehead atoms. The predicted octanol–water partition coefficient (Wildman–Crippen LogP) is 3.09. The Balaban J connectivity index is 2.63. The number of amides is 2. The van der Waals surface area contributed by atoms with E-state index in [1.165, 1.54) is 30.3 Å². The average molecular weight is 350 g/mol. The van der Waals surface area contributed by atoms with E-state index in [0.717, 1.165) is 11.0 Å². The smallest absolute Gasteiger partial charge is 0.237 e. The summed E-state index contributed by atoms with van der Waals surface area (Å²) in [5.74, 6) is -4.09. The topological polar surface area (TPSA) is 63.4 Å². The molecule has 2 amide bonds.